The number of anilines is 1. The van der Waals surface area contributed by atoms with Crippen molar-refractivity contribution >= 4 is 34.5 Å². The van der Waals surface area contributed by atoms with Crippen molar-refractivity contribution in [3.05, 3.63) is 66.7 Å². The maximum absolute atomic E-state index is 13.2. The van der Waals surface area contributed by atoms with Crippen LogP contribution in [0.1, 0.15) is 10.8 Å². The van der Waals surface area contributed by atoms with Gasteiger partial charge >= 0.3 is 0 Å². The zero-order chi connectivity index (χ0) is 19.6. The molecule has 1 aliphatic rings. The number of carbonyl (C=O) groups is 1. The van der Waals surface area contributed by atoms with Crippen LogP contribution in [0.15, 0.2) is 66.2 Å². The minimum Gasteiger partial charge on any atom is -0.454 e. The molecule has 5 rings (SSSR count). The average Bonchev–Trinajstić information content (AvgIpc) is 3.41. The third-order valence-electron chi connectivity index (χ3n) is 4.40. The number of amides is 1. The molecule has 144 valence electrons. The highest BCUT2D eigenvalue weighted by atomic mass is 32.2. The van der Waals surface area contributed by atoms with Gasteiger partial charge in [-0.2, -0.15) is 0 Å². The van der Waals surface area contributed by atoms with E-state index in [0.29, 0.717) is 33.4 Å². The number of imidazole rings is 1. The summed E-state index contributed by atoms with van der Waals surface area (Å²) in [5.41, 5.74) is 2.76. The molecule has 2 N–H and O–H groups in total. The summed E-state index contributed by atoms with van der Waals surface area (Å²) in [6, 6.07) is 14.9. The lowest BCUT2D eigenvalue weighted by Gasteiger charge is -2.17. The molecule has 3 heterocycles. The van der Waals surface area contributed by atoms with Crippen LogP contribution in [0, 0.1) is 0 Å². The van der Waals surface area contributed by atoms with Crippen molar-refractivity contribution in [1.29, 1.82) is 0 Å². The lowest BCUT2D eigenvalue weighted by molar-refractivity contribution is -0.115. The summed E-state index contributed by atoms with van der Waals surface area (Å²) in [4.78, 5) is 28.9. The van der Waals surface area contributed by atoms with E-state index in [4.69, 9.17) is 9.47 Å². The number of nitrogens with one attached hydrogen (secondary N) is 2. The van der Waals surface area contributed by atoms with Gasteiger partial charge in [0, 0.05) is 11.8 Å². The molecular formula is C20H15N5O3S. The van der Waals surface area contributed by atoms with Gasteiger partial charge in [0.2, 0.25) is 12.7 Å². The number of carbonyl (C=O) groups excluding carboxylic acids is 1. The zero-order valence-corrected chi connectivity index (χ0v) is 15.8. The van der Waals surface area contributed by atoms with Gasteiger partial charge in [0.05, 0.1) is 6.33 Å². The Morgan fingerprint density at radius 2 is 1.93 bits per heavy atom. The summed E-state index contributed by atoms with van der Waals surface area (Å²) < 4.78 is 10.7. The van der Waals surface area contributed by atoms with Crippen LogP contribution >= 0.6 is 11.8 Å². The van der Waals surface area contributed by atoms with E-state index in [-0.39, 0.29) is 12.7 Å². The molecule has 0 saturated carbocycles. The van der Waals surface area contributed by atoms with Gasteiger partial charge in [-0.25, -0.2) is 15.0 Å². The minimum absolute atomic E-state index is 0.175. The van der Waals surface area contributed by atoms with E-state index in [9.17, 15) is 4.79 Å². The molecule has 0 aliphatic carbocycles. The lowest BCUT2D eigenvalue weighted by atomic mass is 10.1. The van der Waals surface area contributed by atoms with E-state index in [0.717, 1.165) is 5.56 Å². The first-order chi connectivity index (χ1) is 14.3. The van der Waals surface area contributed by atoms with Crippen LogP contribution in [0.4, 0.5) is 5.69 Å². The highest BCUT2D eigenvalue weighted by molar-refractivity contribution is 8.00. The number of fused-ring (bicyclic) bond motifs is 2. The number of H-pyrrole nitrogens is 1. The molecule has 0 spiro atoms. The minimum atomic E-state index is -0.525. The number of aromatic amines is 1. The number of thioether (sulfide) groups is 1. The summed E-state index contributed by atoms with van der Waals surface area (Å²) >= 11 is 1.34. The Labute approximate surface area is 169 Å². The van der Waals surface area contributed by atoms with Crippen LogP contribution < -0.4 is 14.8 Å². The molecule has 0 fully saturated rings. The molecule has 0 saturated heterocycles. The maximum atomic E-state index is 13.2. The second-order valence-electron chi connectivity index (χ2n) is 6.25. The summed E-state index contributed by atoms with van der Waals surface area (Å²) in [5, 5.41) is 3.10. The standard InChI is InChI=1S/C20H15N5O3S/c26-19(25-13-6-7-14-15(8-13)28-11-27-14)17(12-4-2-1-3-5-12)29-20-16-18(22-9-21-16)23-10-24-20/h1-10,17H,11H2,(H,25,26)(H,21,22,23,24)/t17-/m1/s1. The Kier molecular flexibility index (Phi) is 4.49. The SMILES string of the molecule is O=C(Nc1ccc2c(c1)OCO2)[C@H](Sc1ncnc2nc[nH]c12)c1ccccc1. The third kappa shape index (κ3) is 3.47. The average molecular weight is 405 g/mol. The summed E-state index contributed by atoms with van der Waals surface area (Å²) in [6.07, 6.45) is 3.01. The Morgan fingerprint density at radius 1 is 1.07 bits per heavy atom. The van der Waals surface area contributed by atoms with E-state index < -0.39 is 5.25 Å². The molecule has 8 nitrogen and oxygen atoms in total. The molecule has 9 heteroatoms. The first-order valence-electron chi connectivity index (χ1n) is 8.84. The first kappa shape index (κ1) is 17.5. The summed E-state index contributed by atoms with van der Waals surface area (Å²) in [7, 11) is 0. The van der Waals surface area contributed by atoms with Gasteiger partial charge < -0.3 is 19.8 Å². The molecule has 0 unspecified atom stereocenters. The highest BCUT2D eigenvalue weighted by Crippen LogP contribution is 2.38. The molecule has 4 aromatic rings. The largest absolute Gasteiger partial charge is 0.454 e. The Morgan fingerprint density at radius 3 is 2.83 bits per heavy atom. The number of ether oxygens (including phenoxy) is 2. The van der Waals surface area contributed by atoms with Crippen molar-refractivity contribution < 1.29 is 14.3 Å². The quantitative estimate of drug-likeness (QED) is 0.387. The summed E-state index contributed by atoms with van der Waals surface area (Å²) in [5.74, 6) is 1.10. The van der Waals surface area contributed by atoms with Crippen LogP contribution in [-0.4, -0.2) is 32.6 Å². The topological polar surface area (TPSA) is 102 Å². The molecule has 0 bridgehead atoms. The number of rotatable bonds is 5. The Bertz CT molecular complexity index is 1180. The van der Waals surface area contributed by atoms with Gasteiger partial charge in [0.1, 0.15) is 22.1 Å². The smallest absolute Gasteiger partial charge is 0.242 e. The van der Waals surface area contributed by atoms with Gasteiger partial charge in [-0.05, 0) is 17.7 Å². The van der Waals surface area contributed by atoms with Crippen LogP contribution in [0.2, 0.25) is 0 Å². The predicted molar refractivity (Wildman–Crippen MR) is 108 cm³/mol. The van der Waals surface area contributed by atoms with E-state index >= 15 is 0 Å². The fourth-order valence-corrected chi connectivity index (χ4v) is 4.09. The molecule has 1 atom stereocenters. The number of benzene rings is 2. The molecule has 1 amide bonds. The molecule has 0 radical (unpaired) electrons. The third-order valence-corrected chi connectivity index (χ3v) is 5.65. The Hall–Kier alpha value is -3.59. The van der Waals surface area contributed by atoms with Crippen LogP contribution in [0.3, 0.4) is 0 Å². The fraction of sp³-hybridized carbons (Fsp3) is 0.100. The highest BCUT2D eigenvalue weighted by Gasteiger charge is 2.25. The molecular weight excluding hydrogens is 390 g/mol. The monoisotopic (exact) mass is 405 g/mol. The molecule has 29 heavy (non-hydrogen) atoms. The van der Waals surface area contributed by atoms with Gasteiger partial charge in [-0.15, -0.1) is 0 Å². The van der Waals surface area contributed by atoms with E-state index in [1.807, 2.05) is 30.3 Å². The van der Waals surface area contributed by atoms with Crippen LogP contribution in [0.25, 0.3) is 11.2 Å². The van der Waals surface area contributed by atoms with Crippen molar-refractivity contribution in [2.75, 3.05) is 12.1 Å². The van der Waals surface area contributed by atoms with Gasteiger partial charge in [0.25, 0.3) is 0 Å². The first-order valence-corrected chi connectivity index (χ1v) is 9.72. The predicted octanol–water partition coefficient (Wildman–Crippen LogP) is 3.55. The van der Waals surface area contributed by atoms with Crippen molar-refractivity contribution in [2.24, 2.45) is 0 Å². The number of aromatic nitrogens is 4. The second-order valence-corrected chi connectivity index (χ2v) is 7.34. The van der Waals surface area contributed by atoms with E-state index in [1.54, 1.807) is 24.5 Å². The van der Waals surface area contributed by atoms with Gasteiger partial charge in [-0.3, -0.25) is 4.79 Å². The van der Waals surface area contributed by atoms with E-state index in [2.05, 4.69) is 25.3 Å². The van der Waals surface area contributed by atoms with Crippen LogP contribution in [-0.2, 0) is 4.79 Å². The molecule has 1 aliphatic heterocycles. The van der Waals surface area contributed by atoms with Crippen LogP contribution in [0.5, 0.6) is 11.5 Å². The normalized spacial score (nSPS) is 13.4. The van der Waals surface area contributed by atoms with Crippen molar-refractivity contribution in [1.82, 2.24) is 19.9 Å². The number of hydrogen-bond acceptors (Lipinski definition) is 7. The number of hydrogen-bond donors (Lipinski definition) is 2. The van der Waals surface area contributed by atoms with Crippen molar-refractivity contribution in [2.45, 2.75) is 10.3 Å². The Balaban J connectivity index is 1.46. The molecule has 2 aromatic heterocycles. The van der Waals surface area contributed by atoms with Crippen molar-refractivity contribution in [3.63, 3.8) is 0 Å². The summed E-state index contributed by atoms with van der Waals surface area (Å²) in [6.45, 7) is 0.184. The van der Waals surface area contributed by atoms with Gasteiger partial charge in [-0.1, -0.05) is 42.1 Å². The fourth-order valence-electron chi connectivity index (χ4n) is 3.03. The lowest BCUT2D eigenvalue weighted by Crippen LogP contribution is -2.19. The zero-order valence-electron chi connectivity index (χ0n) is 15.0. The number of nitrogens with zero attached hydrogens (tertiary/aromatic N) is 3. The molecule has 2 aromatic carbocycles. The van der Waals surface area contributed by atoms with E-state index in [1.165, 1.54) is 18.1 Å². The second kappa shape index (κ2) is 7.44. The van der Waals surface area contributed by atoms with Gasteiger partial charge in [0.15, 0.2) is 17.1 Å². The maximum Gasteiger partial charge on any atom is 0.242 e. The van der Waals surface area contributed by atoms with Crippen molar-refractivity contribution in [3.8, 4) is 11.5 Å².